The largest absolute Gasteiger partial charge is 0.493 e. The third-order valence-electron chi connectivity index (χ3n) is 4.91. The molecule has 0 heterocycles. The topological polar surface area (TPSA) is 77.0 Å². The Bertz CT molecular complexity index is 1350. The van der Waals surface area contributed by atoms with Gasteiger partial charge in [0, 0.05) is 5.56 Å². The van der Waals surface area contributed by atoms with Crippen LogP contribution in [-0.4, -0.2) is 21.7 Å². The van der Waals surface area contributed by atoms with Crippen LogP contribution in [0.2, 0.25) is 0 Å². The van der Waals surface area contributed by atoms with Crippen molar-refractivity contribution in [3.8, 4) is 11.5 Å². The zero-order valence-electron chi connectivity index (χ0n) is 17.4. The number of fused-ring (bicyclic) bond motifs is 1. The quantitative estimate of drug-likeness (QED) is 0.313. The number of sulfonamides is 1. The first-order valence-corrected chi connectivity index (χ1v) is 11.4. The minimum atomic E-state index is -3.76. The normalized spacial score (nSPS) is 11.5. The SMILES string of the molecule is COc1cccc(/C=N\NS(=O)(=O)c2ccccc2)c1OCc1cccc2ccccc12. The molecule has 4 aromatic rings. The van der Waals surface area contributed by atoms with Crippen LogP contribution in [0.1, 0.15) is 11.1 Å². The van der Waals surface area contributed by atoms with Gasteiger partial charge in [-0.25, -0.2) is 4.83 Å². The Morgan fingerprint density at radius 2 is 1.59 bits per heavy atom. The first-order chi connectivity index (χ1) is 15.6. The highest BCUT2D eigenvalue weighted by Gasteiger charge is 2.13. The van der Waals surface area contributed by atoms with E-state index in [9.17, 15) is 8.42 Å². The molecule has 0 aliphatic rings. The summed E-state index contributed by atoms with van der Waals surface area (Å²) in [5, 5.41) is 6.17. The van der Waals surface area contributed by atoms with Gasteiger partial charge < -0.3 is 9.47 Å². The fourth-order valence-corrected chi connectivity index (χ4v) is 4.15. The molecular weight excluding hydrogens is 424 g/mol. The number of ether oxygens (including phenoxy) is 2. The van der Waals surface area contributed by atoms with Gasteiger partial charge in [-0.3, -0.25) is 0 Å². The minimum Gasteiger partial charge on any atom is -0.493 e. The second kappa shape index (κ2) is 9.53. The van der Waals surface area contributed by atoms with Crippen molar-refractivity contribution in [1.29, 1.82) is 0 Å². The maximum atomic E-state index is 12.4. The van der Waals surface area contributed by atoms with Gasteiger partial charge in [0.15, 0.2) is 11.5 Å². The number of hydrogen-bond acceptors (Lipinski definition) is 5. The third kappa shape index (κ3) is 4.73. The number of nitrogens with one attached hydrogen (secondary N) is 1. The molecule has 0 amide bonds. The lowest BCUT2D eigenvalue weighted by molar-refractivity contribution is 0.285. The second-order valence-corrected chi connectivity index (χ2v) is 8.63. The van der Waals surface area contributed by atoms with Crippen LogP contribution in [0.5, 0.6) is 11.5 Å². The summed E-state index contributed by atoms with van der Waals surface area (Å²) in [6.45, 7) is 0.318. The van der Waals surface area contributed by atoms with Crippen LogP contribution >= 0.6 is 0 Å². The monoisotopic (exact) mass is 446 g/mol. The van der Waals surface area contributed by atoms with Crippen LogP contribution in [-0.2, 0) is 16.6 Å². The lowest BCUT2D eigenvalue weighted by Crippen LogP contribution is -2.18. The highest BCUT2D eigenvalue weighted by molar-refractivity contribution is 7.89. The molecule has 162 valence electrons. The predicted octanol–water partition coefficient (Wildman–Crippen LogP) is 4.74. The Hall–Kier alpha value is -3.84. The van der Waals surface area contributed by atoms with E-state index >= 15 is 0 Å². The van der Waals surface area contributed by atoms with Gasteiger partial charge in [-0.2, -0.15) is 13.5 Å². The minimum absolute atomic E-state index is 0.134. The molecule has 4 rings (SSSR count). The van der Waals surface area contributed by atoms with Crippen molar-refractivity contribution in [2.24, 2.45) is 5.10 Å². The number of para-hydroxylation sites is 1. The summed E-state index contributed by atoms with van der Waals surface area (Å²) in [7, 11) is -2.20. The van der Waals surface area contributed by atoms with Gasteiger partial charge in [0.2, 0.25) is 0 Å². The molecule has 0 saturated carbocycles. The first kappa shape index (κ1) is 21.4. The van der Waals surface area contributed by atoms with Gasteiger partial charge in [0.25, 0.3) is 10.0 Å². The van der Waals surface area contributed by atoms with Crippen molar-refractivity contribution >= 4 is 27.0 Å². The fourth-order valence-electron chi connectivity index (χ4n) is 3.34. The van der Waals surface area contributed by atoms with Crippen LogP contribution < -0.4 is 14.3 Å². The molecule has 7 heteroatoms. The first-order valence-electron chi connectivity index (χ1n) is 9.95. The number of benzene rings is 4. The average Bonchev–Trinajstić information content (AvgIpc) is 2.83. The highest BCUT2D eigenvalue weighted by Crippen LogP contribution is 2.31. The number of rotatable bonds is 8. The highest BCUT2D eigenvalue weighted by atomic mass is 32.2. The van der Waals surface area contributed by atoms with Crippen molar-refractivity contribution in [3.63, 3.8) is 0 Å². The molecule has 6 nitrogen and oxygen atoms in total. The predicted molar refractivity (Wildman–Crippen MR) is 126 cm³/mol. The lowest BCUT2D eigenvalue weighted by Gasteiger charge is -2.14. The summed E-state index contributed by atoms with van der Waals surface area (Å²) in [6, 6.07) is 27.6. The summed E-state index contributed by atoms with van der Waals surface area (Å²) in [4.78, 5) is 2.37. The van der Waals surface area contributed by atoms with E-state index in [0.29, 0.717) is 23.7 Å². The summed E-state index contributed by atoms with van der Waals surface area (Å²) < 4.78 is 36.3. The van der Waals surface area contributed by atoms with Gasteiger partial charge in [0.1, 0.15) is 6.61 Å². The van der Waals surface area contributed by atoms with Gasteiger partial charge in [0.05, 0.1) is 18.2 Å². The standard InChI is InChI=1S/C25H22N2O4S/c1-30-24-16-8-11-20(17-26-27-32(28,29)22-13-3-2-4-14-22)25(24)31-18-21-12-7-10-19-9-5-6-15-23(19)21/h2-17,27H,18H2,1H3/b26-17-. The molecule has 0 unspecified atom stereocenters. The summed E-state index contributed by atoms with van der Waals surface area (Å²) >= 11 is 0. The van der Waals surface area contributed by atoms with E-state index < -0.39 is 10.0 Å². The molecule has 0 spiro atoms. The zero-order chi connectivity index (χ0) is 22.4. The maximum absolute atomic E-state index is 12.4. The van der Waals surface area contributed by atoms with Crippen molar-refractivity contribution in [1.82, 2.24) is 4.83 Å². The molecule has 0 aromatic heterocycles. The molecule has 1 N–H and O–H groups in total. The zero-order valence-corrected chi connectivity index (χ0v) is 18.2. The molecule has 0 radical (unpaired) electrons. The fraction of sp³-hybridized carbons (Fsp3) is 0.0800. The third-order valence-corrected chi connectivity index (χ3v) is 6.15. The molecule has 0 atom stereocenters. The summed E-state index contributed by atoms with van der Waals surface area (Å²) in [5.41, 5.74) is 1.61. The Morgan fingerprint density at radius 1 is 0.875 bits per heavy atom. The van der Waals surface area contributed by atoms with Gasteiger partial charge >= 0.3 is 0 Å². The Labute approximate surface area is 187 Å². The molecule has 0 bridgehead atoms. The van der Waals surface area contributed by atoms with E-state index in [4.69, 9.17) is 9.47 Å². The van der Waals surface area contributed by atoms with Crippen LogP contribution in [0.15, 0.2) is 101 Å². The molecule has 0 aliphatic carbocycles. The Morgan fingerprint density at radius 3 is 2.41 bits per heavy atom. The summed E-state index contributed by atoms with van der Waals surface area (Å²) in [6.07, 6.45) is 1.40. The van der Waals surface area contributed by atoms with Gasteiger partial charge in [-0.15, -0.1) is 0 Å². The maximum Gasteiger partial charge on any atom is 0.276 e. The number of hydrogen-bond donors (Lipinski definition) is 1. The van der Waals surface area contributed by atoms with E-state index in [2.05, 4.69) is 28.1 Å². The van der Waals surface area contributed by atoms with Crippen molar-refractivity contribution in [3.05, 3.63) is 102 Å². The smallest absolute Gasteiger partial charge is 0.276 e. The molecule has 0 aliphatic heterocycles. The van der Waals surface area contributed by atoms with E-state index in [0.717, 1.165) is 16.3 Å². The van der Waals surface area contributed by atoms with Crippen molar-refractivity contribution in [2.45, 2.75) is 11.5 Å². The molecule has 4 aromatic carbocycles. The average molecular weight is 447 g/mol. The molecule has 32 heavy (non-hydrogen) atoms. The Balaban J connectivity index is 1.57. The summed E-state index contributed by atoms with van der Waals surface area (Å²) in [5.74, 6) is 1.01. The van der Waals surface area contributed by atoms with E-state index in [1.165, 1.54) is 18.3 Å². The van der Waals surface area contributed by atoms with Crippen LogP contribution in [0.25, 0.3) is 10.8 Å². The Kier molecular flexibility index (Phi) is 6.37. The van der Waals surface area contributed by atoms with E-state index in [-0.39, 0.29) is 4.90 Å². The van der Waals surface area contributed by atoms with E-state index in [1.807, 2.05) is 24.3 Å². The number of methoxy groups -OCH3 is 1. The van der Waals surface area contributed by atoms with Gasteiger partial charge in [-0.05, 0) is 40.6 Å². The molecule has 0 saturated heterocycles. The lowest BCUT2D eigenvalue weighted by atomic mass is 10.1. The van der Waals surface area contributed by atoms with Crippen LogP contribution in [0.3, 0.4) is 0 Å². The van der Waals surface area contributed by atoms with Crippen molar-refractivity contribution < 1.29 is 17.9 Å². The van der Waals surface area contributed by atoms with Crippen LogP contribution in [0.4, 0.5) is 0 Å². The number of nitrogens with zero attached hydrogens (tertiary/aromatic N) is 1. The molecule has 0 fully saturated rings. The van der Waals surface area contributed by atoms with E-state index in [1.54, 1.807) is 43.5 Å². The van der Waals surface area contributed by atoms with Crippen molar-refractivity contribution in [2.75, 3.05) is 7.11 Å². The molecular formula is C25H22N2O4S. The van der Waals surface area contributed by atoms with Gasteiger partial charge in [-0.1, -0.05) is 66.7 Å². The number of hydrazone groups is 1. The van der Waals surface area contributed by atoms with Crippen LogP contribution in [0, 0.1) is 0 Å². The second-order valence-electron chi connectivity index (χ2n) is 6.97.